The van der Waals surface area contributed by atoms with Crippen molar-refractivity contribution in [2.24, 2.45) is 34.8 Å². The molecule has 0 heterocycles. The van der Waals surface area contributed by atoms with E-state index in [1.54, 1.807) is 11.1 Å². The highest BCUT2D eigenvalue weighted by molar-refractivity contribution is 5.66. The maximum atomic E-state index is 6.47. The van der Waals surface area contributed by atoms with E-state index in [1.807, 2.05) is 11.1 Å². The molecule has 26 heavy (non-hydrogen) atoms. The van der Waals surface area contributed by atoms with Crippen LogP contribution in [0.1, 0.15) is 64.2 Å². The van der Waals surface area contributed by atoms with Crippen molar-refractivity contribution in [3.05, 3.63) is 58.4 Å². The number of hydrogen-bond acceptors (Lipinski definition) is 1. The number of rotatable bonds is 0. The monoisotopic (exact) mass is 345 g/mol. The predicted molar refractivity (Wildman–Crippen MR) is 107 cm³/mol. The molecule has 0 aromatic rings. The van der Waals surface area contributed by atoms with E-state index in [9.17, 15) is 0 Å². The average Bonchev–Trinajstić information content (AvgIpc) is 3.15. The Morgan fingerprint density at radius 1 is 0.808 bits per heavy atom. The Morgan fingerprint density at radius 3 is 2.23 bits per heavy atom. The third-order valence-electron chi connectivity index (χ3n) is 8.73. The molecule has 0 aliphatic heterocycles. The molecule has 0 saturated heterocycles. The van der Waals surface area contributed by atoms with E-state index in [-0.39, 0.29) is 0 Å². The summed E-state index contributed by atoms with van der Waals surface area (Å²) < 4.78 is 0. The first kappa shape index (κ1) is 15.5. The molecule has 1 spiro atoms. The molecule has 1 heteroatoms. The second-order valence-electron chi connectivity index (χ2n) is 9.56. The molecule has 0 aromatic carbocycles. The molecule has 6 aliphatic carbocycles. The Hall–Kier alpha value is -1.50. The van der Waals surface area contributed by atoms with Gasteiger partial charge in [0.2, 0.25) is 0 Å². The van der Waals surface area contributed by atoms with Gasteiger partial charge in [-0.15, -0.1) is 0 Å². The Bertz CT molecular complexity index is 764. The van der Waals surface area contributed by atoms with Gasteiger partial charge in [0.25, 0.3) is 0 Å². The number of nitrogens with two attached hydrogens (primary N) is 1. The Balaban J connectivity index is 1.63. The summed E-state index contributed by atoms with van der Waals surface area (Å²) in [7, 11) is 0. The zero-order chi connectivity index (χ0) is 17.3. The highest BCUT2D eigenvalue weighted by Crippen LogP contribution is 2.72. The predicted octanol–water partition coefficient (Wildman–Crippen LogP) is 5.97. The zero-order valence-electron chi connectivity index (χ0n) is 15.8. The molecule has 2 saturated carbocycles. The van der Waals surface area contributed by atoms with Crippen molar-refractivity contribution in [3.63, 3.8) is 0 Å². The van der Waals surface area contributed by atoms with Crippen molar-refractivity contribution in [3.8, 4) is 0 Å². The highest BCUT2D eigenvalue weighted by atomic mass is 14.7. The first-order chi connectivity index (χ1) is 12.8. The van der Waals surface area contributed by atoms with E-state index in [4.69, 9.17) is 5.73 Å². The topological polar surface area (TPSA) is 26.0 Å². The molecular weight excluding hydrogens is 314 g/mol. The molecule has 1 nitrogen and oxygen atoms in total. The molecule has 0 amide bonds. The van der Waals surface area contributed by atoms with Gasteiger partial charge in [0, 0.05) is 11.1 Å². The fourth-order valence-electron chi connectivity index (χ4n) is 8.11. The van der Waals surface area contributed by atoms with Crippen molar-refractivity contribution < 1.29 is 0 Å². The smallest absolute Gasteiger partial charge is 0.0236 e. The van der Waals surface area contributed by atoms with Crippen molar-refractivity contribution in [2.45, 2.75) is 64.2 Å². The molecule has 6 aliphatic rings. The van der Waals surface area contributed by atoms with Crippen LogP contribution in [0.3, 0.4) is 0 Å². The van der Waals surface area contributed by atoms with Gasteiger partial charge in [-0.05, 0) is 86.2 Å². The SMILES string of the molecule is NC1=C[C@H]2C(CC1)C1CCCCC1C21C2=C(C=CCC2)C2=C1CCC=C2. The fourth-order valence-corrected chi connectivity index (χ4v) is 8.11. The summed E-state index contributed by atoms with van der Waals surface area (Å²) in [5, 5.41) is 0. The normalized spacial score (nSPS) is 39.6. The summed E-state index contributed by atoms with van der Waals surface area (Å²) in [6, 6.07) is 0. The van der Waals surface area contributed by atoms with Crippen LogP contribution in [0, 0.1) is 29.1 Å². The molecule has 3 unspecified atom stereocenters. The van der Waals surface area contributed by atoms with Gasteiger partial charge in [0.1, 0.15) is 0 Å². The first-order valence-electron chi connectivity index (χ1n) is 11.1. The summed E-state index contributed by atoms with van der Waals surface area (Å²) in [6.45, 7) is 0. The van der Waals surface area contributed by atoms with Gasteiger partial charge in [-0.2, -0.15) is 0 Å². The van der Waals surface area contributed by atoms with Crippen LogP contribution in [0.5, 0.6) is 0 Å². The highest BCUT2D eigenvalue weighted by Gasteiger charge is 2.64. The summed E-state index contributed by atoms with van der Waals surface area (Å²) in [5.74, 6) is 3.38. The van der Waals surface area contributed by atoms with Crippen LogP contribution < -0.4 is 5.73 Å². The minimum absolute atomic E-state index is 0.334. The van der Waals surface area contributed by atoms with Gasteiger partial charge in [-0.3, -0.25) is 0 Å². The van der Waals surface area contributed by atoms with Crippen LogP contribution in [0.2, 0.25) is 0 Å². The van der Waals surface area contributed by atoms with E-state index in [2.05, 4.69) is 30.4 Å². The standard InChI is InChI=1S/C25H31N/c26-16-13-14-20-19-9-3-6-12-23(19)25(24(20)15-16)21-10-4-1-7-17(21)18-8-2-5-11-22(18)25/h1-2,7-8,15,19-20,23-24H,3-6,9-14,26H2/t19?,20?,23?,24-/m0/s1. The second kappa shape index (κ2) is 5.50. The van der Waals surface area contributed by atoms with E-state index < -0.39 is 0 Å². The number of allylic oxidation sites excluding steroid dienone is 10. The van der Waals surface area contributed by atoms with Gasteiger partial charge < -0.3 is 5.73 Å². The van der Waals surface area contributed by atoms with Crippen LogP contribution in [-0.4, -0.2) is 0 Å². The van der Waals surface area contributed by atoms with Crippen LogP contribution >= 0.6 is 0 Å². The van der Waals surface area contributed by atoms with Crippen LogP contribution in [0.4, 0.5) is 0 Å². The van der Waals surface area contributed by atoms with Crippen LogP contribution in [-0.2, 0) is 0 Å². The van der Waals surface area contributed by atoms with Gasteiger partial charge in [-0.1, -0.05) is 54.4 Å². The van der Waals surface area contributed by atoms with Gasteiger partial charge in [0.15, 0.2) is 0 Å². The van der Waals surface area contributed by atoms with Crippen molar-refractivity contribution in [2.75, 3.05) is 0 Å². The molecule has 2 N–H and O–H groups in total. The summed E-state index contributed by atoms with van der Waals surface area (Å²) in [5.41, 5.74) is 14.9. The largest absolute Gasteiger partial charge is 0.402 e. The number of hydrogen-bond donors (Lipinski definition) is 1. The van der Waals surface area contributed by atoms with E-state index in [0.29, 0.717) is 11.3 Å². The summed E-state index contributed by atoms with van der Waals surface area (Å²) in [6.07, 6.45) is 25.7. The minimum atomic E-state index is 0.334. The quantitative estimate of drug-likeness (QED) is 0.575. The van der Waals surface area contributed by atoms with Gasteiger partial charge in [0.05, 0.1) is 0 Å². The zero-order valence-corrected chi connectivity index (χ0v) is 15.8. The van der Waals surface area contributed by atoms with E-state index in [0.717, 1.165) is 24.2 Å². The Labute approximate surface area is 157 Å². The Kier molecular flexibility index (Phi) is 3.29. The minimum Gasteiger partial charge on any atom is -0.402 e. The molecular formula is C25H31N. The number of fused-ring (bicyclic) bond motifs is 8. The van der Waals surface area contributed by atoms with Gasteiger partial charge in [-0.25, -0.2) is 0 Å². The second-order valence-corrected chi connectivity index (χ2v) is 9.56. The maximum Gasteiger partial charge on any atom is 0.0236 e. The lowest BCUT2D eigenvalue weighted by molar-refractivity contribution is 0.170. The van der Waals surface area contributed by atoms with Crippen molar-refractivity contribution >= 4 is 0 Å². The summed E-state index contributed by atoms with van der Waals surface area (Å²) in [4.78, 5) is 0. The third-order valence-corrected chi connectivity index (χ3v) is 8.73. The van der Waals surface area contributed by atoms with Crippen molar-refractivity contribution in [1.82, 2.24) is 0 Å². The summed E-state index contributed by atoms with van der Waals surface area (Å²) >= 11 is 0. The Morgan fingerprint density at radius 2 is 1.50 bits per heavy atom. The van der Waals surface area contributed by atoms with Crippen LogP contribution in [0.25, 0.3) is 0 Å². The van der Waals surface area contributed by atoms with Crippen LogP contribution in [0.15, 0.2) is 58.4 Å². The maximum absolute atomic E-state index is 6.47. The molecule has 0 radical (unpaired) electrons. The lowest BCUT2D eigenvalue weighted by Gasteiger charge is -2.45. The first-order valence-corrected chi connectivity index (χ1v) is 11.1. The third kappa shape index (κ3) is 1.78. The van der Waals surface area contributed by atoms with Gasteiger partial charge >= 0.3 is 0 Å². The molecule has 0 bridgehead atoms. The molecule has 2 fully saturated rings. The van der Waals surface area contributed by atoms with E-state index in [1.165, 1.54) is 63.5 Å². The molecule has 0 aromatic heterocycles. The lowest BCUT2D eigenvalue weighted by Crippen LogP contribution is -2.38. The average molecular weight is 346 g/mol. The van der Waals surface area contributed by atoms with Crippen molar-refractivity contribution in [1.29, 1.82) is 0 Å². The molecule has 6 rings (SSSR count). The fraction of sp³-hybridized carbons (Fsp3) is 0.600. The molecule has 136 valence electrons. The lowest BCUT2D eigenvalue weighted by atomic mass is 9.58. The molecule has 4 atom stereocenters. The van der Waals surface area contributed by atoms with E-state index >= 15 is 0 Å².